The third-order valence-corrected chi connectivity index (χ3v) is 3.40. The molecule has 7 heteroatoms. The van der Waals surface area contributed by atoms with Gasteiger partial charge in [-0.25, -0.2) is 4.39 Å². The number of benzene rings is 1. The Kier molecular flexibility index (Phi) is 3.92. The van der Waals surface area contributed by atoms with E-state index in [-0.39, 0.29) is 24.2 Å². The van der Waals surface area contributed by atoms with Gasteiger partial charge in [-0.3, -0.25) is 4.79 Å². The number of rotatable bonds is 4. The maximum atomic E-state index is 13.4. The van der Waals surface area contributed by atoms with Gasteiger partial charge < -0.3 is 15.2 Å². The van der Waals surface area contributed by atoms with Crippen LogP contribution >= 0.6 is 0 Å². The fraction of sp³-hybridized carbons (Fsp3) is 0.357. The van der Waals surface area contributed by atoms with E-state index in [1.54, 1.807) is 18.2 Å². The Labute approximate surface area is 120 Å². The molecule has 0 radical (unpaired) electrons. The van der Waals surface area contributed by atoms with Gasteiger partial charge in [0.25, 0.3) is 11.7 Å². The van der Waals surface area contributed by atoms with Gasteiger partial charge in [-0.05, 0) is 25.5 Å². The van der Waals surface area contributed by atoms with Crippen LogP contribution in [0.15, 0.2) is 28.8 Å². The molecule has 21 heavy (non-hydrogen) atoms. The van der Waals surface area contributed by atoms with E-state index >= 15 is 0 Å². The normalized spacial score (nSPS) is 17.9. The zero-order chi connectivity index (χ0) is 14.7. The van der Waals surface area contributed by atoms with Crippen LogP contribution in [0.5, 0.6) is 0 Å². The molecule has 1 aliphatic heterocycles. The molecular formula is C14H15FN4O2. The second-order valence-corrected chi connectivity index (χ2v) is 4.88. The average Bonchev–Trinajstić information content (AvgIpc) is 3.16. The van der Waals surface area contributed by atoms with Crippen molar-refractivity contribution < 1.29 is 13.7 Å². The minimum Gasteiger partial charge on any atom is -0.345 e. The summed E-state index contributed by atoms with van der Waals surface area (Å²) in [4.78, 5) is 16.0. The maximum Gasteiger partial charge on any atom is 0.292 e. The molecule has 0 aliphatic carbocycles. The van der Waals surface area contributed by atoms with Crippen molar-refractivity contribution in [2.45, 2.75) is 25.4 Å². The quantitative estimate of drug-likeness (QED) is 0.893. The second kappa shape index (κ2) is 6.01. The zero-order valence-electron chi connectivity index (χ0n) is 11.3. The first-order valence-corrected chi connectivity index (χ1v) is 6.82. The molecule has 0 saturated carbocycles. The van der Waals surface area contributed by atoms with Crippen LogP contribution < -0.4 is 10.6 Å². The van der Waals surface area contributed by atoms with E-state index in [4.69, 9.17) is 4.52 Å². The van der Waals surface area contributed by atoms with E-state index in [9.17, 15) is 9.18 Å². The van der Waals surface area contributed by atoms with E-state index < -0.39 is 5.91 Å². The van der Waals surface area contributed by atoms with Crippen molar-refractivity contribution in [2.75, 3.05) is 6.54 Å². The van der Waals surface area contributed by atoms with Crippen LogP contribution in [-0.4, -0.2) is 22.6 Å². The number of amides is 1. The Bertz CT molecular complexity index is 637. The number of carbonyl (C=O) groups excluding carboxylic acids is 1. The van der Waals surface area contributed by atoms with E-state index in [1.807, 2.05) is 0 Å². The molecule has 1 atom stereocenters. The van der Waals surface area contributed by atoms with E-state index in [0.717, 1.165) is 19.4 Å². The SMILES string of the molecule is O=C(NCc1ccccc1F)c1noc(C2CCCN2)n1. The van der Waals surface area contributed by atoms with Gasteiger partial charge in [0.1, 0.15) is 5.82 Å². The van der Waals surface area contributed by atoms with E-state index in [1.165, 1.54) is 6.07 Å². The summed E-state index contributed by atoms with van der Waals surface area (Å²) in [6.07, 6.45) is 1.96. The Morgan fingerprint density at radius 2 is 2.33 bits per heavy atom. The molecule has 6 nitrogen and oxygen atoms in total. The van der Waals surface area contributed by atoms with Gasteiger partial charge >= 0.3 is 0 Å². The summed E-state index contributed by atoms with van der Waals surface area (Å²) >= 11 is 0. The number of hydrogen-bond donors (Lipinski definition) is 2. The van der Waals surface area contributed by atoms with Crippen LogP contribution in [0.2, 0.25) is 0 Å². The molecule has 1 aromatic heterocycles. The van der Waals surface area contributed by atoms with E-state index in [2.05, 4.69) is 20.8 Å². The standard InChI is InChI=1S/C14H15FN4O2/c15-10-5-2-1-4-9(10)8-17-13(20)12-18-14(21-19-12)11-6-3-7-16-11/h1-2,4-5,11,16H,3,6-8H2,(H,17,20). The van der Waals surface area contributed by atoms with Gasteiger partial charge in [0, 0.05) is 12.1 Å². The van der Waals surface area contributed by atoms with Crippen LogP contribution in [0.25, 0.3) is 0 Å². The molecule has 2 heterocycles. The summed E-state index contributed by atoms with van der Waals surface area (Å²) < 4.78 is 18.5. The van der Waals surface area contributed by atoms with Gasteiger partial charge in [-0.2, -0.15) is 4.98 Å². The van der Waals surface area contributed by atoms with Crippen molar-refractivity contribution in [2.24, 2.45) is 0 Å². The molecule has 1 aromatic carbocycles. The molecule has 1 saturated heterocycles. The number of carbonyl (C=O) groups is 1. The zero-order valence-corrected chi connectivity index (χ0v) is 11.3. The van der Waals surface area contributed by atoms with Gasteiger partial charge in [0.15, 0.2) is 0 Å². The van der Waals surface area contributed by atoms with Crippen molar-refractivity contribution in [3.63, 3.8) is 0 Å². The maximum absolute atomic E-state index is 13.4. The number of aromatic nitrogens is 2. The Hall–Kier alpha value is -2.28. The van der Waals surface area contributed by atoms with Crippen LogP contribution in [0, 0.1) is 5.82 Å². The van der Waals surface area contributed by atoms with Crippen LogP contribution in [0.4, 0.5) is 4.39 Å². The summed E-state index contributed by atoms with van der Waals surface area (Å²) in [7, 11) is 0. The lowest BCUT2D eigenvalue weighted by atomic mass is 10.2. The average molecular weight is 290 g/mol. The molecule has 1 unspecified atom stereocenters. The predicted molar refractivity (Wildman–Crippen MR) is 71.8 cm³/mol. The van der Waals surface area contributed by atoms with Gasteiger partial charge in [-0.1, -0.05) is 23.4 Å². The molecular weight excluding hydrogens is 275 g/mol. The first-order valence-electron chi connectivity index (χ1n) is 6.82. The fourth-order valence-corrected chi connectivity index (χ4v) is 2.26. The molecule has 2 aromatic rings. The highest BCUT2D eigenvalue weighted by molar-refractivity contribution is 5.90. The molecule has 3 rings (SSSR count). The Morgan fingerprint density at radius 1 is 1.48 bits per heavy atom. The molecule has 1 aliphatic rings. The number of nitrogens with one attached hydrogen (secondary N) is 2. The summed E-state index contributed by atoms with van der Waals surface area (Å²) in [5, 5.41) is 9.45. The summed E-state index contributed by atoms with van der Waals surface area (Å²) in [5.41, 5.74) is 0.409. The highest BCUT2D eigenvalue weighted by Gasteiger charge is 2.24. The van der Waals surface area contributed by atoms with Crippen LogP contribution in [0.1, 0.15) is 41.0 Å². The summed E-state index contributed by atoms with van der Waals surface area (Å²) in [6.45, 7) is 0.985. The molecule has 1 fully saturated rings. The third kappa shape index (κ3) is 3.08. The first kappa shape index (κ1) is 13.7. The van der Waals surface area contributed by atoms with Gasteiger partial charge in [0.05, 0.1) is 6.04 Å². The lowest BCUT2D eigenvalue weighted by Crippen LogP contribution is -2.24. The van der Waals surface area contributed by atoms with Crippen molar-refractivity contribution in [3.05, 3.63) is 47.4 Å². The largest absolute Gasteiger partial charge is 0.345 e. The highest BCUT2D eigenvalue weighted by atomic mass is 19.1. The Balaban J connectivity index is 1.62. The Morgan fingerprint density at radius 3 is 3.10 bits per heavy atom. The second-order valence-electron chi connectivity index (χ2n) is 4.88. The lowest BCUT2D eigenvalue weighted by Gasteiger charge is -2.03. The first-order chi connectivity index (χ1) is 10.2. The minimum atomic E-state index is -0.480. The van der Waals surface area contributed by atoms with Crippen molar-refractivity contribution in [1.29, 1.82) is 0 Å². The fourth-order valence-electron chi connectivity index (χ4n) is 2.26. The topological polar surface area (TPSA) is 80.0 Å². The van der Waals surface area contributed by atoms with Crippen molar-refractivity contribution in [3.8, 4) is 0 Å². The van der Waals surface area contributed by atoms with Crippen molar-refractivity contribution in [1.82, 2.24) is 20.8 Å². The minimum absolute atomic E-state index is 0.0191. The van der Waals surface area contributed by atoms with Crippen LogP contribution in [0.3, 0.4) is 0 Å². The molecule has 0 bridgehead atoms. The summed E-state index contributed by atoms with van der Waals surface area (Å²) in [5.74, 6) is -0.452. The van der Waals surface area contributed by atoms with Crippen LogP contribution in [-0.2, 0) is 6.54 Å². The predicted octanol–water partition coefficient (Wildman–Crippen LogP) is 1.56. The number of hydrogen-bond acceptors (Lipinski definition) is 5. The van der Waals surface area contributed by atoms with Crippen molar-refractivity contribution >= 4 is 5.91 Å². The number of nitrogens with zero attached hydrogens (tertiary/aromatic N) is 2. The van der Waals surface area contributed by atoms with Gasteiger partial charge in [0.2, 0.25) is 5.89 Å². The molecule has 2 N–H and O–H groups in total. The monoisotopic (exact) mass is 290 g/mol. The number of halogens is 1. The highest BCUT2D eigenvalue weighted by Crippen LogP contribution is 2.20. The summed E-state index contributed by atoms with van der Waals surface area (Å²) in [6, 6.07) is 6.29. The lowest BCUT2D eigenvalue weighted by molar-refractivity contribution is 0.0937. The molecule has 1 amide bonds. The molecule has 0 spiro atoms. The third-order valence-electron chi connectivity index (χ3n) is 3.40. The molecule has 110 valence electrons. The van der Waals surface area contributed by atoms with Gasteiger partial charge in [-0.15, -0.1) is 0 Å². The van der Waals surface area contributed by atoms with E-state index in [0.29, 0.717) is 11.5 Å². The smallest absolute Gasteiger partial charge is 0.292 e.